The zero-order valence-corrected chi connectivity index (χ0v) is 23.3. The summed E-state index contributed by atoms with van der Waals surface area (Å²) in [6.45, 7) is 11.9. The van der Waals surface area contributed by atoms with Gasteiger partial charge in [0.15, 0.2) is 12.1 Å². The van der Waals surface area contributed by atoms with Gasteiger partial charge in [0, 0.05) is 23.4 Å². The summed E-state index contributed by atoms with van der Waals surface area (Å²) in [4.78, 5) is 13.8. The van der Waals surface area contributed by atoms with Gasteiger partial charge in [-0.25, -0.2) is 4.68 Å². The number of aromatic nitrogens is 3. The Labute approximate surface area is 226 Å². The molecule has 4 bridgehead atoms. The lowest BCUT2D eigenvalue weighted by molar-refractivity contribution is -0.402. The first-order valence-corrected chi connectivity index (χ1v) is 14.9. The molecule has 2 N–H and O–H groups in total. The van der Waals surface area contributed by atoms with Gasteiger partial charge in [0.05, 0.1) is 42.6 Å². The fraction of sp³-hybridized carbons (Fsp3) is 0.833. The predicted octanol–water partition coefficient (Wildman–Crippen LogP) is 3.84. The lowest BCUT2D eigenvalue weighted by Crippen LogP contribution is -2.78. The van der Waals surface area contributed by atoms with Crippen LogP contribution >= 0.6 is 0 Å². The van der Waals surface area contributed by atoms with Gasteiger partial charge < -0.3 is 19.7 Å². The molecule has 6 aliphatic rings. The Morgan fingerprint density at radius 1 is 1.21 bits per heavy atom. The van der Waals surface area contributed by atoms with Gasteiger partial charge in [0.1, 0.15) is 0 Å². The molecule has 1 aromatic rings. The molecule has 0 unspecified atom stereocenters. The van der Waals surface area contributed by atoms with E-state index in [1.807, 2.05) is 10.9 Å². The Morgan fingerprint density at radius 2 is 2.03 bits per heavy atom. The molecule has 0 amide bonds. The standard InChI is InChI=1S/C30H45N3O5/c1-5-6-7-8-10-19-17-33(32-31-19)13-14-37-27-29-12-9-11-28(3,4)22(29)16-23(38-27)30-24(29)21(34)15-20(26(30)36)18(2)25(30)35/h17,20-24,26-27,34,36H,2,5-16H2,1,3-4H3/t20-,21-,22+,23+,24-,26+,27-,29-,30+/m0/s1. The second-order valence-corrected chi connectivity index (χ2v) is 13.5. The number of hydrogen-bond acceptors (Lipinski definition) is 7. The summed E-state index contributed by atoms with van der Waals surface area (Å²) >= 11 is 0. The molecule has 4 saturated carbocycles. The number of aryl methyl sites for hydroxylation is 1. The van der Waals surface area contributed by atoms with E-state index in [0.717, 1.165) is 37.8 Å². The van der Waals surface area contributed by atoms with E-state index in [2.05, 4.69) is 37.7 Å². The SMILES string of the molecule is C=C1C(=O)[C@]23[C@H](O)[C@H]1C[C@H](O)[C@H]2[C@]12CCCC(C)(C)[C@H]1C[C@H]3O[C@@H]2OCCn1cc(CCCCCC)nn1. The van der Waals surface area contributed by atoms with Crippen molar-refractivity contribution in [2.75, 3.05) is 6.61 Å². The quantitative estimate of drug-likeness (QED) is 0.371. The van der Waals surface area contributed by atoms with Gasteiger partial charge in [-0.05, 0) is 55.4 Å². The largest absolute Gasteiger partial charge is 0.393 e. The molecule has 0 aromatic carbocycles. The van der Waals surface area contributed by atoms with E-state index in [1.54, 1.807) is 0 Å². The van der Waals surface area contributed by atoms with E-state index in [1.165, 1.54) is 19.3 Å². The third-order valence-electron chi connectivity index (χ3n) is 11.2. The number of ketones is 1. The molecule has 38 heavy (non-hydrogen) atoms. The van der Waals surface area contributed by atoms with Crippen molar-refractivity contribution < 1.29 is 24.5 Å². The first-order valence-electron chi connectivity index (χ1n) is 14.9. The molecule has 8 heteroatoms. The first kappa shape index (κ1) is 26.6. The molecule has 2 saturated heterocycles. The average molecular weight is 528 g/mol. The number of Topliss-reactive ketones (excluding diaryl/α,β-unsaturated/α-hetero) is 1. The molecule has 3 heterocycles. The lowest BCUT2D eigenvalue weighted by atomic mass is 9.37. The van der Waals surface area contributed by atoms with Gasteiger partial charge in [-0.1, -0.05) is 58.2 Å². The van der Waals surface area contributed by atoms with Crippen LogP contribution in [0, 0.1) is 34.0 Å². The number of rotatable bonds is 9. The Hall–Kier alpha value is -1.61. The van der Waals surface area contributed by atoms with Crippen molar-refractivity contribution in [3.8, 4) is 0 Å². The van der Waals surface area contributed by atoms with Crippen LogP contribution in [-0.4, -0.2) is 62.2 Å². The zero-order valence-electron chi connectivity index (χ0n) is 23.3. The number of aliphatic hydroxyl groups is 2. The van der Waals surface area contributed by atoms with E-state index >= 15 is 0 Å². The van der Waals surface area contributed by atoms with Crippen LogP contribution in [0.15, 0.2) is 18.3 Å². The predicted molar refractivity (Wildman–Crippen MR) is 141 cm³/mol. The van der Waals surface area contributed by atoms with Crippen LogP contribution in [0.4, 0.5) is 0 Å². The Morgan fingerprint density at radius 3 is 2.82 bits per heavy atom. The highest BCUT2D eigenvalue weighted by Crippen LogP contribution is 2.75. The summed E-state index contributed by atoms with van der Waals surface area (Å²) < 4.78 is 15.1. The molecule has 7 rings (SSSR count). The maximum absolute atomic E-state index is 13.8. The fourth-order valence-corrected chi connectivity index (χ4v) is 9.62. The number of unbranched alkanes of at least 4 members (excludes halogenated alkanes) is 3. The normalized spacial score (nSPS) is 42.8. The van der Waals surface area contributed by atoms with E-state index in [-0.39, 0.29) is 23.0 Å². The highest BCUT2D eigenvalue weighted by Gasteiger charge is 2.81. The summed E-state index contributed by atoms with van der Waals surface area (Å²) in [6.07, 6.45) is 9.20. The summed E-state index contributed by atoms with van der Waals surface area (Å²) in [5, 5.41) is 31.9. The lowest BCUT2D eigenvalue weighted by Gasteiger charge is -2.72. The van der Waals surface area contributed by atoms with Crippen LogP contribution in [0.25, 0.3) is 0 Å². The highest BCUT2D eigenvalue weighted by molar-refractivity contribution is 6.04. The van der Waals surface area contributed by atoms with Crippen LogP contribution in [0.1, 0.15) is 84.3 Å². The maximum Gasteiger partial charge on any atom is 0.170 e. The van der Waals surface area contributed by atoms with Gasteiger partial charge in [-0.15, -0.1) is 5.10 Å². The number of nitrogens with zero attached hydrogens (tertiary/aromatic N) is 3. The molecule has 9 atom stereocenters. The topological polar surface area (TPSA) is 107 Å². The molecule has 6 fully saturated rings. The fourth-order valence-electron chi connectivity index (χ4n) is 9.62. The third kappa shape index (κ3) is 3.59. The number of fused-ring (bicyclic) bond motifs is 2. The van der Waals surface area contributed by atoms with Crippen LogP contribution in [0.2, 0.25) is 0 Å². The number of carbonyl (C=O) groups is 1. The van der Waals surface area contributed by atoms with Gasteiger partial charge in [-0.2, -0.15) is 0 Å². The molecule has 2 spiro atoms. The zero-order chi connectivity index (χ0) is 26.9. The highest BCUT2D eigenvalue weighted by atomic mass is 16.7. The summed E-state index contributed by atoms with van der Waals surface area (Å²) in [5.74, 6) is -0.623. The molecular weight excluding hydrogens is 482 g/mol. The Bertz CT molecular complexity index is 1090. The molecule has 4 aliphatic carbocycles. The van der Waals surface area contributed by atoms with Crippen molar-refractivity contribution in [2.24, 2.45) is 34.0 Å². The minimum Gasteiger partial charge on any atom is -0.393 e. The number of ether oxygens (including phenoxy) is 2. The Kier molecular flexibility index (Phi) is 6.65. The second-order valence-electron chi connectivity index (χ2n) is 13.5. The summed E-state index contributed by atoms with van der Waals surface area (Å²) in [5.41, 5.74) is -0.135. The van der Waals surface area contributed by atoms with Gasteiger partial charge in [0.2, 0.25) is 0 Å². The van der Waals surface area contributed by atoms with E-state index in [0.29, 0.717) is 31.6 Å². The van der Waals surface area contributed by atoms with Gasteiger partial charge in [-0.3, -0.25) is 4.79 Å². The van der Waals surface area contributed by atoms with Gasteiger partial charge >= 0.3 is 0 Å². The molecule has 2 aliphatic heterocycles. The van der Waals surface area contributed by atoms with Crippen molar-refractivity contribution in [3.05, 3.63) is 24.0 Å². The molecule has 1 aromatic heterocycles. The van der Waals surface area contributed by atoms with Crippen molar-refractivity contribution in [1.29, 1.82) is 0 Å². The number of aliphatic hydroxyl groups excluding tert-OH is 2. The molecular formula is C30H45N3O5. The van der Waals surface area contributed by atoms with Crippen molar-refractivity contribution in [1.82, 2.24) is 15.0 Å². The molecule has 210 valence electrons. The minimum absolute atomic E-state index is 0.0300. The van der Waals surface area contributed by atoms with Crippen LogP contribution in [0.5, 0.6) is 0 Å². The van der Waals surface area contributed by atoms with Crippen LogP contribution in [-0.2, 0) is 27.2 Å². The van der Waals surface area contributed by atoms with E-state index in [9.17, 15) is 15.0 Å². The first-order chi connectivity index (χ1) is 18.2. The third-order valence-corrected chi connectivity index (χ3v) is 11.2. The van der Waals surface area contributed by atoms with Crippen LogP contribution in [0.3, 0.4) is 0 Å². The smallest absolute Gasteiger partial charge is 0.170 e. The van der Waals surface area contributed by atoms with Crippen molar-refractivity contribution in [2.45, 2.75) is 116 Å². The minimum atomic E-state index is -1.11. The van der Waals surface area contributed by atoms with Crippen LogP contribution < -0.4 is 0 Å². The second kappa shape index (κ2) is 9.50. The molecule has 8 nitrogen and oxygen atoms in total. The van der Waals surface area contributed by atoms with E-state index in [4.69, 9.17) is 9.47 Å². The number of hydrogen-bond donors (Lipinski definition) is 2. The van der Waals surface area contributed by atoms with Crippen molar-refractivity contribution in [3.63, 3.8) is 0 Å². The monoisotopic (exact) mass is 527 g/mol. The summed E-state index contributed by atoms with van der Waals surface area (Å²) in [7, 11) is 0. The Balaban J connectivity index is 1.25. The van der Waals surface area contributed by atoms with Gasteiger partial charge in [0.25, 0.3) is 0 Å². The number of carbonyl (C=O) groups excluding carboxylic acids is 1. The average Bonchev–Trinajstić information content (AvgIpc) is 3.37. The maximum atomic E-state index is 13.8. The van der Waals surface area contributed by atoms with E-state index < -0.39 is 41.3 Å². The summed E-state index contributed by atoms with van der Waals surface area (Å²) in [6, 6.07) is 0. The van der Waals surface area contributed by atoms with Crippen molar-refractivity contribution >= 4 is 5.78 Å². The molecule has 0 radical (unpaired) electrons.